The van der Waals surface area contributed by atoms with E-state index in [1.54, 1.807) is 0 Å². The van der Waals surface area contributed by atoms with Crippen LogP contribution in [-0.4, -0.2) is 37.6 Å². The maximum Gasteiger partial charge on any atom is 0.00381 e. The zero-order valence-corrected chi connectivity index (χ0v) is 13.9. The van der Waals surface area contributed by atoms with E-state index in [1.165, 1.54) is 96.9 Å². The molecule has 0 aromatic carbocycles. The summed E-state index contributed by atoms with van der Waals surface area (Å²) in [6.07, 6.45) is 14.8. The second kappa shape index (κ2) is 8.00. The smallest absolute Gasteiger partial charge is 0.00381 e. The molecule has 0 atom stereocenters. The molecular weight excluding hydrogens is 268 g/mol. The SMILES string of the molecule is C1CCCC2(CC1)CCCN(CC1CCNCC1)C2.Cl. The molecule has 3 fully saturated rings. The topological polar surface area (TPSA) is 15.3 Å². The molecule has 1 aliphatic carbocycles. The Kier molecular flexibility index (Phi) is 6.64. The van der Waals surface area contributed by atoms with Gasteiger partial charge >= 0.3 is 0 Å². The lowest BCUT2D eigenvalue weighted by Gasteiger charge is -2.44. The summed E-state index contributed by atoms with van der Waals surface area (Å²) >= 11 is 0. The molecule has 0 unspecified atom stereocenters. The lowest BCUT2D eigenvalue weighted by atomic mass is 9.74. The van der Waals surface area contributed by atoms with Gasteiger partial charge in [0.05, 0.1) is 0 Å². The first kappa shape index (κ1) is 16.6. The highest BCUT2D eigenvalue weighted by molar-refractivity contribution is 5.85. The van der Waals surface area contributed by atoms with Crippen molar-refractivity contribution in [3.8, 4) is 0 Å². The van der Waals surface area contributed by atoms with E-state index >= 15 is 0 Å². The Bertz CT molecular complexity index is 268. The minimum Gasteiger partial charge on any atom is -0.317 e. The summed E-state index contributed by atoms with van der Waals surface area (Å²) in [4.78, 5) is 2.84. The van der Waals surface area contributed by atoms with Gasteiger partial charge in [0, 0.05) is 13.1 Å². The van der Waals surface area contributed by atoms with Gasteiger partial charge in [0.1, 0.15) is 0 Å². The zero-order valence-electron chi connectivity index (χ0n) is 13.0. The maximum atomic E-state index is 3.50. The van der Waals surface area contributed by atoms with Crippen molar-refractivity contribution in [3.05, 3.63) is 0 Å². The van der Waals surface area contributed by atoms with Gasteiger partial charge in [-0.3, -0.25) is 0 Å². The quantitative estimate of drug-likeness (QED) is 0.833. The van der Waals surface area contributed by atoms with E-state index in [4.69, 9.17) is 0 Å². The van der Waals surface area contributed by atoms with Crippen molar-refractivity contribution in [2.24, 2.45) is 11.3 Å². The van der Waals surface area contributed by atoms with E-state index in [9.17, 15) is 0 Å². The highest BCUT2D eigenvalue weighted by Gasteiger charge is 2.36. The largest absolute Gasteiger partial charge is 0.317 e. The molecule has 2 heterocycles. The third-order valence-electron chi connectivity index (χ3n) is 5.88. The molecule has 3 heteroatoms. The first-order valence-corrected chi connectivity index (χ1v) is 8.79. The standard InChI is InChI=1S/C17H32N2.ClH/c1-2-4-9-17(8-3-1)10-5-13-19(15-17)14-16-6-11-18-12-7-16;/h16,18H,1-15H2;1H. The number of piperidine rings is 2. The van der Waals surface area contributed by atoms with Crippen LogP contribution in [-0.2, 0) is 0 Å². The lowest BCUT2D eigenvalue weighted by Crippen LogP contribution is -2.46. The highest BCUT2D eigenvalue weighted by atomic mass is 35.5. The van der Waals surface area contributed by atoms with E-state index < -0.39 is 0 Å². The predicted molar refractivity (Wildman–Crippen MR) is 88.7 cm³/mol. The van der Waals surface area contributed by atoms with Gasteiger partial charge in [-0.1, -0.05) is 25.7 Å². The van der Waals surface area contributed by atoms with E-state index in [1.807, 2.05) is 0 Å². The van der Waals surface area contributed by atoms with Crippen molar-refractivity contribution < 1.29 is 0 Å². The van der Waals surface area contributed by atoms with E-state index in [-0.39, 0.29) is 12.4 Å². The lowest BCUT2D eigenvalue weighted by molar-refractivity contribution is 0.0588. The average molecular weight is 301 g/mol. The molecular formula is C17H33ClN2. The molecule has 20 heavy (non-hydrogen) atoms. The first-order chi connectivity index (χ1) is 9.36. The molecule has 0 aromatic heterocycles. The summed E-state index contributed by atoms with van der Waals surface area (Å²) in [6.45, 7) is 6.71. The van der Waals surface area contributed by atoms with Crippen LogP contribution in [0.5, 0.6) is 0 Å². The van der Waals surface area contributed by atoms with Crippen LogP contribution in [0.25, 0.3) is 0 Å². The van der Waals surface area contributed by atoms with Crippen LogP contribution in [0.3, 0.4) is 0 Å². The van der Waals surface area contributed by atoms with Gasteiger partial charge in [-0.05, 0) is 69.5 Å². The van der Waals surface area contributed by atoms with Crippen LogP contribution in [0, 0.1) is 11.3 Å². The molecule has 0 bridgehead atoms. The fraction of sp³-hybridized carbons (Fsp3) is 1.00. The van der Waals surface area contributed by atoms with Gasteiger partial charge in [0.2, 0.25) is 0 Å². The second-order valence-corrected chi connectivity index (χ2v) is 7.45. The van der Waals surface area contributed by atoms with E-state index in [0.717, 1.165) is 11.3 Å². The van der Waals surface area contributed by atoms with Crippen molar-refractivity contribution in [1.29, 1.82) is 0 Å². The molecule has 118 valence electrons. The predicted octanol–water partition coefficient (Wildman–Crippen LogP) is 3.84. The fourth-order valence-electron chi connectivity index (χ4n) is 4.78. The van der Waals surface area contributed by atoms with Crippen LogP contribution in [0.2, 0.25) is 0 Å². The van der Waals surface area contributed by atoms with Gasteiger partial charge in [0.25, 0.3) is 0 Å². The zero-order chi connectivity index (χ0) is 13.0. The average Bonchev–Trinajstić information content (AvgIpc) is 2.66. The fourth-order valence-corrected chi connectivity index (χ4v) is 4.78. The summed E-state index contributed by atoms with van der Waals surface area (Å²) < 4.78 is 0. The normalized spacial score (nSPS) is 28.8. The Hall–Kier alpha value is 0.210. The molecule has 1 saturated carbocycles. The Morgan fingerprint density at radius 1 is 0.900 bits per heavy atom. The molecule has 0 amide bonds. The number of hydrogen-bond donors (Lipinski definition) is 1. The monoisotopic (exact) mass is 300 g/mol. The number of nitrogens with zero attached hydrogens (tertiary/aromatic N) is 1. The second-order valence-electron chi connectivity index (χ2n) is 7.45. The molecule has 3 aliphatic rings. The molecule has 1 spiro atoms. The molecule has 0 radical (unpaired) electrons. The van der Waals surface area contributed by atoms with Crippen LogP contribution < -0.4 is 5.32 Å². The Balaban J connectivity index is 0.00000147. The first-order valence-electron chi connectivity index (χ1n) is 8.79. The minimum absolute atomic E-state index is 0. The number of likely N-dealkylation sites (tertiary alicyclic amines) is 1. The number of rotatable bonds is 2. The van der Waals surface area contributed by atoms with Gasteiger partial charge in [0.15, 0.2) is 0 Å². The summed E-state index contributed by atoms with van der Waals surface area (Å²) in [5, 5.41) is 3.50. The van der Waals surface area contributed by atoms with Crippen molar-refractivity contribution in [1.82, 2.24) is 10.2 Å². The minimum atomic E-state index is 0. The molecule has 2 aliphatic heterocycles. The van der Waals surface area contributed by atoms with Gasteiger partial charge in [-0.25, -0.2) is 0 Å². The summed E-state index contributed by atoms with van der Waals surface area (Å²) in [6, 6.07) is 0. The summed E-state index contributed by atoms with van der Waals surface area (Å²) in [5.41, 5.74) is 0.724. The molecule has 2 nitrogen and oxygen atoms in total. The van der Waals surface area contributed by atoms with Crippen molar-refractivity contribution >= 4 is 12.4 Å². The highest BCUT2D eigenvalue weighted by Crippen LogP contribution is 2.42. The van der Waals surface area contributed by atoms with Crippen LogP contribution in [0.4, 0.5) is 0 Å². The number of nitrogens with one attached hydrogen (secondary N) is 1. The Morgan fingerprint density at radius 2 is 1.55 bits per heavy atom. The third-order valence-corrected chi connectivity index (χ3v) is 5.88. The Morgan fingerprint density at radius 3 is 2.25 bits per heavy atom. The van der Waals surface area contributed by atoms with E-state index in [2.05, 4.69) is 10.2 Å². The Labute approximate surface area is 131 Å². The third kappa shape index (κ3) is 4.35. The van der Waals surface area contributed by atoms with Crippen LogP contribution in [0.15, 0.2) is 0 Å². The van der Waals surface area contributed by atoms with Crippen LogP contribution in [0.1, 0.15) is 64.2 Å². The summed E-state index contributed by atoms with van der Waals surface area (Å²) in [5.74, 6) is 0.974. The van der Waals surface area contributed by atoms with Crippen molar-refractivity contribution in [2.75, 3.05) is 32.7 Å². The van der Waals surface area contributed by atoms with Gasteiger partial charge < -0.3 is 10.2 Å². The number of hydrogen-bond acceptors (Lipinski definition) is 2. The van der Waals surface area contributed by atoms with Gasteiger partial charge in [-0.15, -0.1) is 12.4 Å². The molecule has 3 rings (SSSR count). The van der Waals surface area contributed by atoms with Gasteiger partial charge in [-0.2, -0.15) is 0 Å². The number of halogens is 1. The molecule has 1 N–H and O–H groups in total. The summed E-state index contributed by atoms with van der Waals surface area (Å²) in [7, 11) is 0. The van der Waals surface area contributed by atoms with Crippen molar-refractivity contribution in [2.45, 2.75) is 64.2 Å². The van der Waals surface area contributed by atoms with E-state index in [0.29, 0.717) is 0 Å². The molecule has 0 aromatic rings. The van der Waals surface area contributed by atoms with Crippen molar-refractivity contribution in [3.63, 3.8) is 0 Å². The van der Waals surface area contributed by atoms with Crippen LogP contribution >= 0.6 is 12.4 Å². The molecule has 2 saturated heterocycles. The maximum absolute atomic E-state index is 3.50.